The quantitative estimate of drug-likeness (QED) is 0.685. The summed E-state index contributed by atoms with van der Waals surface area (Å²) in [5.74, 6) is 0.911. The van der Waals surface area contributed by atoms with E-state index < -0.39 is 0 Å². The van der Waals surface area contributed by atoms with E-state index in [9.17, 15) is 10.2 Å². The average molecular weight is 350 g/mol. The minimum atomic E-state index is -0.121. The molecule has 1 atom stereocenters. The summed E-state index contributed by atoms with van der Waals surface area (Å²) in [6.45, 7) is 2.02. The molecule has 26 heavy (non-hydrogen) atoms. The second-order valence-corrected chi connectivity index (χ2v) is 6.10. The highest BCUT2D eigenvalue weighted by Crippen LogP contribution is 2.44. The second-order valence-electron chi connectivity index (χ2n) is 6.10. The molecular formula is C22H22O4. The van der Waals surface area contributed by atoms with Crippen LogP contribution in [0.1, 0.15) is 24.0 Å². The van der Waals surface area contributed by atoms with E-state index in [1.54, 1.807) is 25.3 Å². The van der Waals surface area contributed by atoms with Gasteiger partial charge in [-0.1, -0.05) is 49.4 Å². The van der Waals surface area contributed by atoms with Crippen molar-refractivity contribution < 1.29 is 19.7 Å². The molecule has 0 amide bonds. The fourth-order valence-corrected chi connectivity index (χ4v) is 3.24. The number of ether oxygens (including phenoxy) is 2. The smallest absolute Gasteiger partial charge is 0.164 e. The molecule has 0 bridgehead atoms. The van der Waals surface area contributed by atoms with Gasteiger partial charge in [0.15, 0.2) is 23.0 Å². The van der Waals surface area contributed by atoms with E-state index >= 15 is 0 Å². The molecule has 4 heteroatoms. The van der Waals surface area contributed by atoms with Crippen molar-refractivity contribution in [2.45, 2.75) is 12.8 Å². The Morgan fingerprint density at radius 3 is 2.15 bits per heavy atom. The summed E-state index contributed by atoms with van der Waals surface area (Å²) in [4.78, 5) is 0. The number of phenolic OH excluding ortho intramolecular Hbond substituents is 2. The van der Waals surface area contributed by atoms with E-state index in [4.69, 9.17) is 9.47 Å². The molecule has 0 aliphatic heterocycles. The predicted octanol–water partition coefficient (Wildman–Crippen LogP) is 4.93. The van der Waals surface area contributed by atoms with Gasteiger partial charge in [-0.25, -0.2) is 0 Å². The van der Waals surface area contributed by atoms with Gasteiger partial charge < -0.3 is 19.7 Å². The largest absolute Gasteiger partial charge is 0.504 e. The van der Waals surface area contributed by atoms with Crippen LogP contribution < -0.4 is 9.47 Å². The molecule has 0 heterocycles. The summed E-state index contributed by atoms with van der Waals surface area (Å²) in [5.41, 5.74) is 3.76. The fraction of sp³-hybridized carbons (Fsp3) is 0.182. The SMILES string of the molecule is COc1ccc(C(C)c2c(-c3ccccc3)ccc(O)c2OC)cc1O. The maximum atomic E-state index is 10.3. The lowest BCUT2D eigenvalue weighted by Gasteiger charge is -2.22. The second kappa shape index (κ2) is 7.40. The Balaban J connectivity index is 2.19. The first kappa shape index (κ1) is 17.7. The molecule has 3 aromatic rings. The summed E-state index contributed by atoms with van der Waals surface area (Å²) in [6.07, 6.45) is 0. The van der Waals surface area contributed by atoms with Gasteiger partial charge in [0.1, 0.15) is 0 Å². The molecule has 0 fully saturated rings. The van der Waals surface area contributed by atoms with Gasteiger partial charge in [-0.05, 0) is 34.9 Å². The lowest BCUT2D eigenvalue weighted by Crippen LogP contribution is -2.03. The van der Waals surface area contributed by atoms with Crippen molar-refractivity contribution in [3.8, 4) is 34.1 Å². The number of methoxy groups -OCH3 is 2. The van der Waals surface area contributed by atoms with E-state index in [2.05, 4.69) is 0 Å². The normalized spacial score (nSPS) is 11.8. The summed E-state index contributed by atoms with van der Waals surface area (Å²) in [5, 5.41) is 20.4. The topological polar surface area (TPSA) is 58.9 Å². The minimum Gasteiger partial charge on any atom is -0.504 e. The number of aromatic hydroxyl groups is 2. The van der Waals surface area contributed by atoms with Crippen LogP contribution in [0.3, 0.4) is 0 Å². The minimum absolute atomic E-state index is 0.0808. The lowest BCUT2D eigenvalue weighted by atomic mass is 9.86. The zero-order chi connectivity index (χ0) is 18.7. The standard InChI is InChI=1S/C22H22O4/c1-14(16-9-12-20(25-2)19(24)13-16)21-17(15-7-5-4-6-8-15)10-11-18(23)22(21)26-3/h4-14,23-24H,1-3H3. The summed E-state index contributed by atoms with van der Waals surface area (Å²) >= 11 is 0. The first-order chi connectivity index (χ1) is 12.6. The summed E-state index contributed by atoms with van der Waals surface area (Å²) < 4.78 is 10.6. The van der Waals surface area contributed by atoms with Gasteiger partial charge in [0.05, 0.1) is 14.2 Å². The van der Waals surface area contributed by atoms with Crippen molar-refractivity contribution in [2.24, 2.45) is 0 Å². The van der Waals surface area contributed by atoms with Crippen LogP contribution in [0.25, 0.3) is 11.1 Å². The fourth-order valence-electron chi connectivity index (χ4n) is 3.24. The molecule has 0 radical (unpaired) electrons. The Kier molecular flexibility index (Phi) is 5.03. The zero-order valence-electron chi connectivity index (χ0n) is 15.1. The molecular weight excluding hydrogens is 328 g/mol. The highest BCUT2D eigenvalue weighted by molar-refractivity contribution is 5.74. The van der Waals surface area contributed by atoms with Gasteiger partial charge in [0.25, 0.3) is 0 Å². The van der Waals surface area contributed by atoms with E-state index in [0.29, 0.717) is 11.5 Å². The molecule has 0 aromatic heterocycles. The van der Waals surface area contributed by atoms with E-state index in [1.807, 2.05) is 49.4 Å². The molecule has 0 saturated carbocycles. The van der Waals surface area contributed by atoms with Crippen LogP contribution >= 0.6 is 0 Å². The Labute approximate surface area is 153 Å². The molecule has 3 aromatic carbocycles. The van der Waals surface area contributed by atoms with E-state index in [1.165, 1.54) is 7.11 Å². The predicted molar refractivity (Wildman–Crippen MR) is 102 cm³/mol. The highest BCUT2D eigenvalue weighted by atomic mass is 16.5. The van der Waals surface area contributed by atoms with E-state index in [0.717, 1.165) is 22.3 Å². The van der Waals surface area contributed by atoms with Gasteiger partial charge in [0.2, 0.25) is 0 Å². The van der Waals surface area contributed by atoms with Crippen LogP contribution in [0.5, 0.6) is 23.0 Å². The third-order valence-corrected chi connectivity index (χ3v) is 4.60. The van der Waals surface area contributed by atoms with Gasteiger partial charge in [0, 0.05) is 11.5 Å². The highest BCUT2D eigenvalue weighted by Gasteiger charge is 2.22. The third kappa shape index (κ3) is 3.18. The van der Waals surface area contributed by atoms with Gasteiger partial charge >= 0.3 is 0 Å². The van der Waals surface area contributed by atoms with Crippen molar-refractivity contribution in [1.82, 2.24) is 0 Å². The van der Waals surface area contributed by atoms with Crippen LogP contribution in [0, 0.1) is 0 Å². The van der Waals surface area contributed by atoms with E-state index in [-0.39, 0.29) is 17.4 Å². The van der Waals surface area contributed by atoms with Crippen molar-refractivity contribution >= 4 is 0 Å². The molecule has 0 spiro atoms. The molecule has 2 N–H and O–H groups in total. The molecule has 134 valence electrons. The maximum absolute atomic E-state index is 10.3. The average Bonchev–Trinajstić information content (AvgIpc) is 2.67. The summed E-state index contributed by atoms with van der Waals surface area (Å²) in [6, 6.07) is 18.8. The van der Waals surface area contributed by atoms with Crippen LogP contribution in [0.4, 0.5) is 0 Å². The van der Waals surface area contributed by atoms with Crippen LogP contribution in [0.15, 0.2) is 60.7 Å². The lowest BCUT2D eigenvalue weighted by molar-refractivity contribution is 0.368. The van der Waals surface area contributed by atoms with Crippen LogP contribution in [-0.2, 0) is 0 Å². The molecule has 4 nitrogen and oxygen atoms in total. The summed E-state index contributed by atoms with van der Waals surface area (Å²) in [7, 11) is 3.06. The maximum Gasteiger partial charge on any atom is 0.164 e. The molecule has 0 aliphatic carbocycles. The van der Waals surface area contributed by atoms with Crippen molar-refractivity contribution in [2.75, 3.05) is 14.2 Å². The number of rotatable bonds is 5. The van der Waals surface area contributed by atoms with Crippen molar-refractivity contribution in [1.29, 1.82) is 0 Å². The number of hydrogen-bond donors (Lipinski definition) is 2. The Hall–Kier alpha value is -3.14. The first-order valence-electron chi connectivity index (χ1n) is 8.39. The van der Waals surface area contributed by atoms with Gasteiger partial charge in [-0.2, -0.15) is 0 Å². The third-order valence-electron chi connectivity index (χ3n) is 4.60. The Bertz CT molecular complexity index is 904. The number of benzene rings is 3. The van der Waals surface area contributed by atoms with Crippen molar-refractivity contribution in [3.63, 3.8) is 0 Å². The Morgan fingerprint density at radius 1 is 0.808 bits per heavy atom. The molecule has 0 aliphatic rings. The van der Waals surface area contributed by atoms with Gasteiger partial charge in [-0.3, -0.25) is 0 Å². The number of phenols is 2. The Morgan fingerprint density at radius 2 is 1.54 bits per heavy atom. The molecule has 0 saturated heterocycles. The van der Waals surface area contributed by atoms with Crippen LogP contribution in [0.2, 0.25) is 0 Å². The zero-order valence-corrected chi connectivity index (χ0v) is 15.1. The number of hydrogen-bond acceptors (Lipinski definition) is 4. The van der Waals surface area contributed by atoms with Crippen LogP contribution in [-0.4, -0.2) is 24.4 Å². The molecule has 3 rings (SSSR count). The van der Waals surface area contributed by atoms with Crippen molar-refractivity contribution in [3.05, 3.63) is 71.8 Å². The first-order valence-corrected chi connectivity index (χ1v) is 8.39. The monoisotopic (exact) mass is 350 g/mol. The van der Waals surface area contributed by atoms with Gasteiger partial charge in [-0.15, -0.1) is 0 Å². The molecule has 1 unspecified atom stereocenters.